The maximum atomic E-state index is 12.1. The largest absolute Gasteiger partial charge is 0.295 e. The van der Waals surface area contributed by atoms with Gasteiger partial charge in [-0.15, -0.1) is 11.3 Å². The second-order valence-corrected chi connectivity index (χ2v) is 7.20. The summed E-state index contributed by atoms with van der Waals surface area (Å²) in [4.78, 5) is 13.5. The minimum absolute atomic E-state index is 0.237. The molecule has 0 amide bonds. The van der Waals surface area contributed by atoms with Gasteiger partial charge in [-0.2, -0.15) is 0 Å². The van der Waals surface area contributed by atoms with Crippen molar-refractivity contribution < 1.29 is 4.79 Å². The summed E-state index contributed by atoms with van der Waals surface area (Å²) in [5, 5.41) is 1.31. The van der Waals surface area contributed by atoms with Crippen LogP contribution in [0.25, 0.3) is 15.7 Å². The summed E-state index contributed by atoms with van der Waals surface area (Å²) in [5.74, 6) is 1.14. The van der Waals surface area contributed by atoms with Crippen LogP contribution in [0.5, 0.6) is 0 Å². The lowest BCUT2D eigenvalue weighted by Gasteiger charge is -2.16. The van der Waals surface area contributed by atoms with Gasteiger partial charge in [-0.25, -0.2) is 0 Å². The van der Waals surface area contributed by atoms with Gasteiger partial charge < -0.3 is 0 Å². The molecule has 1 aliphatic rings. The van der Waals surface area contributed by atoms with Gasteiger partial charge in [0.15, 0.2) is 5.78 Å². The van der Waals surface area contributed by atoms with Crippen molar-refractivity contribution in [3.05, 3.63) is 40.3 Å². The molecule has 0 saturated heterocycles. The SMILES string of the molecule is CC(=O)C1=C(C)c2c(sc3ccccc23)C1CC(C)C. The Hall–Kier alpha value is -1.41. The normalized spacial score (nSPS) is 18.1. The Morgan fingerprint density at radius 3 is 2.65 bits per heavy atom. The number of hydrogen-bond donors (Lipinski definition) is 0. The molecule has 3 rings (SSSR count). The van der Waals surface area contributed by atoms with Crippen molar-refractivity contribution in [2.45, 2.75) is 40.0 Å². The maximum absolute atomic E-state index is 12.1. The molecular weight excluding hydrogens is 264 g/mol. The fraction of sp³-hybridized carbons (Fsp3) is 0.389. The maximum Gasteiger partial charge on any atom is 0.156 e. The molecule has 2 heteroatoms. The van der Waals surface area contributed by atoms with E-state index in [0.717, 1.165) is 12.0 Å². The molecule has 20 heavy (non-hydrogen) atoms. The third-order valence-electron chi connectivity index (χ3n) is 4.15. The van der Waals surface area contributed by atoms with E-state index in [1.54, 1.807) is 6.92 Å². The Balaban J connectivity index is 2.25. The first-order valence-corrected chi connectivity index (χ1v) is 8.05. The van der Waals surface area contributed by atoms with E-state index in [9.17, 15) is 4.79 Å². The zero-order chi connectivity index (χ0) is 14.4. The standard InChI is InChI=1S/C18H20OS/c1-10(2)9-14-16(12(4)19)11(3)17-13-7-5-6-8-15(13)20-18(14)17/h5-8,10,14H,9H2,1-4H3. The Bertz CT molecular complexity index is 718. The van der Waals surface area contributed by atoms with Crippen LogP contribution in [0.3, 0.4) is 0 Å². The second-order valence-electron chi connectivity index (χ2n) is 6.11. The Kier molecular flexibility index (Phi) is 3.29. The van der Waals surface area contributed by atoms with Crippen LogP contribution in [0.1, 0.15) is 50.5 Å². The first-order valence-electron chi connectivity index (χ1n) is 7.24. The molecule has 1 heterocycles. The van der Waals surface area contributed by atoms with Crippen molar-refractivity contribution in [2.75, 3.05) is 0 Å². The Morgan fingerprint density at radius 2 is 2.00 bits per heavy atom. The minimum atomic E-state index is 0.237. The van der Waals surface area contributed by atoms with E-state index in [2.05, 4.69) is 45.0 Å². The Labute approximate surface area is 124 Å². The smallest absolute Gasteiger partial charge is 0.156 e. The third-order valence-corrected chi connectivity index (χ3v) is 5.44. The summed E-state index contributed by atoms with van der Waals surface area (Å²) in [5.41, 5.74) is 3.59. The molecule has 0 aliphatic heterocycles. The molecule has 2 aromatic rings. The Morgan fingerprint density at radius 1 is 1.30 bits per heavy atom. The number of thiophene rings is 1. The lowest BCUT2D eigenvalue weighted by molar-refractivity contribution is -0.113. The van der Waals surface area contributed by atoms with Gasteiger partial charge >= 0.3 is 0 Å². The molecule has 0 fully saturated rings. The van der Waals surface area contributed by atoms with Crippen LogP contribution in [0.4, 0.5) is 0 Å². The van der Waals surface area contributed by atoms with E-state index in [4.69, 9.17) is 0 Å². The van der Waals surface area contributed by atoms with Crippen molar-refractivity contribution in [1.82, 2.24) is 0 Å². The number of rotatable bonds is 3. The lowest BCUT2D eigenvalue weighted by Crippen LogP contribution is -2.08. The number of ketones is 1. The van der Waals surface area contributed by atoms with E-state index >= 15 is 0 Å². The molecule has 0 N–H and O–H groups in total. The van der Waals surface area contributed by atoms with Crippen LogP contribution in [0, 0.1) is 5.92 Å². The van der Waals surface area contributed by atoms with Crippen molar-refractivity contribution >= 4 is 32.8 Å². The van der Waals surface area contributed by atoms with Gasteiger partial charge in [0.05, 0.1) is 0 Å². The second kappa shape index (κ2) is 4.85. The average Bonchev–Trinajstić information content (AvgIpc) is 2.86. The first kappa shape index (κ1) is 13.6. The minimum Gasteiger partial charge on any atom is -0.295 e. The van der Waals surface area contributed by atoms with Crippen molar-refractivity contribution in [3.8, 4) is 0 Å². The van der Waals surface area contributed by atoms with Crippen LogP contribution < -0.4 is 0 Å². The van der Waals surface area contributed by atoms with Gasteiger partial charge in [0, 0.05) is 32.0 Å². The molecule has 1 aromatic carbocycles. The molecule has 1 aliphatic carbocycles. The van der Waals surface area contributed by atoms with Crippen molar-refractivity contribution in [2.24, 2.45) is 5.92 Å². The third kappa shape index (κ3) is 1.94. The van der Waals surface area contributed by atoms with E-state index in [-0.39, 0.29) is 5.78 Å². The van der Waals surface area contributed by atoms with E-state index < -0.39 is 0 Å². The summed E-state index contributed by atoms with van der Waals surface area (Å²) in [7, 11) is 0. The van der Waals surface area contributed by atoms with Crippen LogP contribution in [-0.4, -0.2) is 5.78 Å². The van der Waals surface area contributed by atoms with Gasteiger partial charge in [-0.05, 0) is 37.8 Å². The van der Waals surface area contributed by atoms with Crippen LogP contribution in [0.15, 0.2) is 29.8 Å². The first-order chi connectivity index (χ1) is 9.50. The predicted octanol–water partition coefficient (Wildman–Crippen LogP) is 5.41. The van der Waals surface area contributed by atoms with Gasteiger partial charge in [0.25, 0.3) is 0 Å². The number of hydrogen-bond acceptors (Lipinski definition) is 2. The van der Waals surface area contributed by atoms with E-state index in [1.807, 2.05) is 11.3 Å². The lowest BCUT2D eigenvalue weighted by atomic mass is 9.89. The number of carbonyl (C=O) groups is 1. The zero-order valence-electron chi connectivity index (χ0n) is 12.5. The molecular formula is C18H20OS. The molecule has 0 spiro atoms. The molecule has 0 bridgehead atoms. The van der Waals surface area contributed by atoms with Crippen LogP contribution in [0.2, 0.25) is 0 Å². The number of fused-ring (bicyclic) bond motifs is 3. The molecule has 1 unspecified atom stereocenters. The van der Waals surface area contributed by atoms with Crippen molar-refractivity contribution in [1.29, 1.82) is 0 Å². The van der Waals surface area contributed by atoms with Gasteiger partial charge in [0.1, 0.15) is 0 Å². The molecule has 1 atom stereocenters. The predicted molar refractivity (Wildman–Crippen MR) is 87.3 cm³/mol. The fourth-order valence-corrected chi connectivity index (χ4v) is 4.81. The summed E-state index contributed by atoms with van der Waals surface area (Å²) < 4.78 is 1.34. The summed E-state index contributed by atoms with van der Waals surface area (Å²) >= 11 is 1.87. The number of allylic oxidation sites excluding steroid dienone is 2. The highest BCUT2D eigenvalue weighted by molar-refractivity contribution is 7.19. The summed E-state index contributed by atoms with van der Waals surface area (Å²) in [6.45, 7) is 8.30. The van der Waals surface area contributed by atoms with Gasteiger partial charge in [-0.3, -0.25) is 4.79 Å². The topological polar surface area (TPSA) is 17.1 Å². The fourth-order valence-electron chi connectivity index (χ4n) is 3.43. The monoisotopic (exact) mass is 284 g/mol. The van der Waals surface area contributed by atoms with Crippen molar-refractivity contribution in [3.63, 3.8) is 0 Å². The molecule has 0 radical (unpaired) electrons. The van der Waals surface area contributed by atoms with E-state index in [0.29, 0.717) is 11.8 Å². The molecule has 0 saturated carbocycles. The summed E-state index contributed by atoms with van der Waals surface area (Å²) in [6.07, 6.45) is 1.06. The van der Waals surface area contributed by atoms with E-state index in [1.165, 1.54) is 26.1 Å². The highest BCUT2D eigenvalue weighted by Gasteiger charge is 2.34. The van der Waals surface area contributed by atoms with Crippen LogP contribution >= 0.6 is 11.3 Å². The van der Waals surface area contributed by atoms with Gasteiger partial charge in [0.2, 0.25) is 0 Å². The molecule has 1 aromatic heterocycles. The quantitative estimate of drug-likeness (QED) is 0.736. The van der Waals surface area contributed by atoms with Gasteiger partial charge in [-0.1, -0.05) is 32.0 Å². The van der Waals surface area contributed by atoms with Crippen LogP contribution in [-0.2, 0) is 4.79 Å². The number of Topliss-reactive ketones (excluding diaryl/α,β-unsaturated/α-hetero) is 1. The highest BCUT2D eigenvalue weighted by Crippen LogP contribution is 2.51. The highest BCUT2D eigenvalue weighted by atomic mass is 32.1. The number of carbonyl (C=O) groups excluding carboxylic acids is 1. The number of benzene rings is 1. The molecule has 104 valence electrons. The average molecular weight is 284 g/mol. The summed E-state index contributed by atoms with van der Waals surface area (Å²) in [6, 6.07) is 8.55. The molecule has 1 nitrogen and oxygen atoms in total. The zero-order valence-corrected chi connectivity index (χ0v) is 13.3.